The van der Waals surface area contributed by atoms with Crippen LogP contribution in [0.4, 0.5) is 5.69 Å². The predicted molar refractivity (Wildman–Crippen MR) is 54.9 cm³/mol. The average molecular weight is 192 g/mol. The summed E-state index contributed by atoms with van der Waals surface area (Å²) >= 11 is 0. The van der Waals surface area contributed by atoms with Crippen molar-refractivity contribution in [3.63, 3.8) is 0 Å². The summed E-state index contributed by atoms with van der Waals surface area (Å²) in [6.07, 6.45) is 6.40. The summed E-state index contributed by atoms with van der Waals surface area (Å²) in [5.74, 6) is 0.414. The highest BCUT2D eigenvalue weighted by Gasteiger charge is 1.99. The molecule has 0 aliphatic rings. The number of nitrogens with zero attached hydrogens (tertiary/aromatic N) is 1. The Morgan fingerprint density at radius 2 is 2.43 bits per heavy atom. The molecule has 0 bridgehead atoms. The molecule has 0 aliphatic heterocycles. The number of pyridine rings is 1. The summed E-state index contributed by atoms with van der Waals surface area (Å²) in [5.41, 5.74) is 6.98. The van der Waals surface area contributed by atoms with Gasteiger partial charge >= 0.3 is 0 Å². The molecule has 74 valence electrons. The number of carbonyl (C=O) groups excluding carboxylic acids is 1. The summed E-state index contributed by atoms with van der Waals surface area (Å²) in [6.45, 7) is 0. The number of hydrogen-bond donors (Lipinski definition) is 1. The number of aldehydes is 1. The first-order valence-corrected chi connectivity index (χ1v) is 4.17. The molecule has 0 atom stereocenters. The molecular weight excluding hydrogens is 180 g/mol. The number of nitrogen functional groups attached to an aromatic ring is 1. The fourth-order valence-electron chi connectivity index (χ4n) is 1.01. The Hall–Kier alpha value is -1.84. The highest BCUT2D eigenvalue weighted by molar-refractivity contribution is 5.61. The summed E-state index contributed by atoms with van der Waals surface area (Å²) < 4.78 is 4.91. The lowest BCUT2D eigenvalue weighted by atomic mass is 10.2. The summed E-state index contributed by atoms with van der Waals surface area (Å²) in [5, 5.41) is 0. The van der Waals surface area contributed by atoms with Gasteiger partial charge in [0.25, 0.3) is 0 Å². The second-order valence-corrected chi connectivity index (χ2v) is 2.67. The maximum atomic E-state index is 10.1. The Bertz CT molecular complexity index is 348. The number of allylic oxidation sites excluding steroid dienone is 1. The zero-order chi connectivity index (χ0) is 10.4. The van der Waals surface area contributed by atoms with Crippen LogP contribution in [0.1, 0.15) is 12.0 Å². The van der Waals surface area contributed by atoms with Gasteiger partial charge in [-0.15, -0.1) is 0 Å². The van der Waals surface area contributed by atoms with Crippen molar-refractivity contribution in [1.82, 2.24) is 4.98 Å². The number of aromatic nitrogens is 1. The first-order chi connectivity index (χ1) is 6.77. The molecule has 0 saturated carbocycles. The fourth-order valence-corrected chi connectivity index (χ4v) is 1.01. The third-order valence-electron chi connectivity index (χ3n) is 1.64. The molecule has 4 nitrogen and oxygen atoms in total. The molecule has 1 rings (SSSR count). The molecule has 0 amide bonds. The van der Waals surface area contributed by atoms with Gasteiger partial charge in [0, 0.05) is 12.6 Å². The van der Waals surface area contributed by atoms with E-state index in [0.29, 0.717) is 18.0 Å². The molecule has 0 radical (unpaired) electrons. The van der Waals surface area contributed by atoms with Crippen molar-refractivity contribution in [2.45, 2.75) is 6.42 Å². The van der Waals surface area contributed by atoms with Crippen LogP contribution in [0.2, 0.25) is 0 Å². The van der Waals surface area contributed by atoms with E-state index in [1.54, 1.807) is 24.4 Å². The van der Waals surface area contributed by atoms with E-state index in [4.69, 9.17) is 10.5 Å². The van der Waals surface area contributed by atoms with Crippen LogP contribution in [0.5, 0.6) is 5.88 Å². The molecule has 0 fully saturated rings. The Morgan fingerprint density at radius 3 is 3.00 bits per heavy atom. The quantitative estimate of drug-likeness (QED) is 0.730. The van der Waals surface area contributed by atoms with Crippen LogP contribution in [0.3, 0.4) is 0 Å². The lowest BCUT2D eigenvalue weighted by Crippen LogP contribution is -1.95. The minimum absolute atomic E-state index is 0.395. The van der Waals surface area contributed by atoms with Crippen LogP contribution in [0.25, 0.3) is 6.08 Å². The molecule has 0 aromatic carbocycles. The van der Waals surface area contributed by atoms with Gasteiger partial charge in [0.2, 0.25) is 5.88 Å². The van der Waals surface area contributed by atoms with Gasteiger partial charge in [0.1, 0.15) is 6.29 Å². The zero-order valence-electron chi connectivity index (χ0n) is 7.93. The van der Waals surface area contributed by atoms with E-state index in [2.05, 4.69) is 4.98 Å². The Morgan fingerprint density at radius 1 is 1.64 bits per heavy atom. The minimum Gasteiger partial charge on any atom is -0.480 e. The molecule has 0 spiro atoms. The molecule has 14 heavy (non-hydrogen) atoms. The smallest absolute Gasteiger partial charge is 0.236 e. The summed E-state index contributed by atoms with van der Waals surface area (Å²) in [7, 11) is 1.51. The molecular formula is C10H12N2O2. The van der Waals surface area contributed by atoms with Gasteiger partial charge in [-0.3, -0.25) is 0 Å². The third-order valence-corrected chi connectivity index (χ3v) is 1.64. The number of anilines is 1. The predicted octanol–water partition coefficient (Wildman–Crippen LogP) is 1.27. The molecule has 1 aromatic rings. The van der Waals surface area contributed by atoms with Crippen molar-refractivity contribution < 1.29 is 9.53 Å². The van der Waals surface area contributed by atoms with E-state index in [1.165, 1.54) is 7.11 Å². The van der Waals surface area contributed by atoms with Crippen LogP contribution in [0.15, 0.2) is 18.3 Å². The van der Waals surface area contributed by atoms with Crippen LogP contribution >= 0.6 is 0 Å². The van der Waals surface area contributed by atoms with Crippen molar-refractivity contribution >= 4 is 18.0 Å². The number of ether oxygens (including phenoxy) is 1. The first-order valence-electron chi connectivity index (χ1n) is 4.17. The average Bonchev–Trinajstić information content (AvgIpc) is 2.18. The van der Waals surface area contributed by atoms with Crippen molar-refractivity contribution in [1.29, 1.82) is 0 Å². The third kappa shape index (κ3) is 2.58. The maximum Gasteiger partial charge on any atom is 0.236 e. The molecule has 0 aliphatic carbocycles. The van der Waals surface area contributed by atoms with E-state index in [-0.39, 0.29) is 0 Å². The molecule has 0 saturated heterocycles. The van der Waals surface area contributed by atoms with Gasteiger partial charge in [-0.05, 0) is 11.6 Å². The van der Waals surface area contributed by atoms with Gasteiger partial charge in [-0.2, -0.15) is 0 Å². The van der Waals surface area contributed by atoms with E-state index in [1.807, 2.05) is 0 Å². The normalized spacial score (nSPS) is 10.4. The van der Waals surface area contributed by atoms with Gasteiger partial charge in [0.15, 0.2) is 0 Å². The summed E-state index contributed by atoms with van der Waals surface area (Å²) in [6, 6.07) is 1.74. The van der Waals surface area contributed by atoms with Gasteiger partial charge < -0.3 is 15.3 Å². The molecule has 1 aromatic heterocycles. The Balaban J connectivity index is 2.80. The largest absolute Gasteiger partial charge is 0.480 e. The molecule has 1 heterocycles. The lowest BCUT2D eigenvalue weighted by molar-refractivity contribution is -0.107. The van der Waals surface area contributed by atoms with Crippen molar-refractivity contribution in [2.24, 2.45) is 0 Å². The van der Waals surface area contributed by atoms with E-state index < -0.39 is 0 Å². The standard InChI is InChI=1S/C10H12N2O2/c1-14-10-9(11)6-8(7-12-10)4-2-3-5-13/h2,4-7H,3,11H2,1H3. The fraction of sp³-hybridized carbons (Fsp3) is 0.200. The van der Waals surface area contributed by atoms with Crippen molar-refractivity contribution in [2.75, 3.05) is 12.8 Å². The van der Waals surface area contributed by atoms with Gasteiger partial charge in [-0.1, -0.05) is 12.2 Å². The summed E-state index contributed by atoms with van der Waals surface area (Å²) in [4.78, 5) is 14.0. The Labute approximate surface area is 82.4 Å². The van der Waals surface area contributed by atoms with Crippen molar-refractivity contribution in [3.05, 3.63) is 23.9 Å². The monoisotopic (exact) mass is 192 g/mol. The second-order valence-electron chi connectivity index (χ2n) is 2.67. The number of rotatable bonds is 4. The van der Waals surface area contributed by atoms with E-state index in [9.17, 15) is 4.79 Å². The van der Waals surface area contributed by atoms with Crippen LogP contribution < -0.4 is 10.5 Å². The highest BCUT2D eigenvalue weighted by Crippen LogP contribution is 2.18. The first kappa shape index (κ1) is 10.2. The molecule has 2 N–H and O–H groups in total. The highest BCUT2D eigenvalue weighted by atomic mass is 16.5. The van der Waals surface area contributed by atoms with E-state index >= 15 is 0 Å². The number of carbonyl (C=O) groups is 1. The van der Waals surface area contributed by atoms with Crippen LogP contribution in [-0.2, 0) is 4.79 Å². The second kappa shape index (κ2) is 5.01. The lowest BCUT2D eigenvalue weighted by Gasteiger charge is -2.02. The zero-order valence-corrected chi connectivity index (χ0v) is 7.93. The maximum absolute atomic E-state index is 10.1. The van der Waals surface area contributed by atoms with Gasteiger partial charge in [-0.25, -0.2) is 4.98 Å². The van der Waals surface area contributed by atoms with Crippen LogP contribution in [0, 0.1) is 0 Å². The molecule has 4 heteroatoms. The van der Waals surface area contributed by atoms with Gasteiger partial charge in [0.05, 0.1) is 12.8 Å². The van der Waals surface area contributed by atoms with Crippen molar-refractivity contribution in [3.8, 4) is 5.88 Å². The van der Waals surface area contributed by atoms with Crippen LogP contribution in [-0.4, -0.2) is 18.4 Å². The Kier molecular flexibility index (Phi) is 3.67. The SMILES string of the molecule is COc1ncc(C=CCC=O)cc1N. The topological polar surface area (TPSA) is 65.2 Å². The number of methoxy groups -OCH3 is 1. The molecule has 0 unspecified atom stereocenters. The minimum atomic E-state index is 0.395. The number of hydrogen-bond acceptors (Lipinski definition) is 4. The number of nitrogens with two attached hydrogens (primary N) is 1. The van der Waals surface area contributed by atoms with E-state index in [0.717, 1.165) is 11.8 Å².